The van der Waals surface area contributed by atoms with Crippen molar-refractivity contribution in [3.8, 4) is 0 Å². The molecule has 0 aromatic heterocycles. The van der Waals surface area contributed by atoms with Gasteiger partial charge in [-0.25, -0.2) is 0 Å². The van der Waals surface area contributed by atoms with Crippen LogP contribution in [0.2, 0.25) is 0 Å². The normalized spacial score (nSPS) is 23.8. The van der Waals surface area contributed by atoms with E-state index in [1.165, 1.54) is 25.7 Å². The number of rotatable bonds is 3. The maximum atomic E-state index is 2.60. The predicted octanol–water partition coefficient (Wildman–Crippen LogP) is 0.252. The van der Waals surface area contributed by atoms with Gasteiger partial charge in [0.05, 0.1) is 0 Å². The van der Waals surface area contributed by atoms with Crippen LogP contribution in [-0.2, 0) is 0 Å². The van der Waals surface area contributed by atoms with Gasteiger partial charge in [0.1, 0.15) is 0 Å². The summed E-state index contributed by atoms with van der Waals surface area (Å²) in [6.45, 7) is 2.45. The fraction of sp³-hybridized carbons (Fsp3) is 1.00. The van der Waals surface area contributed by atoms with Gasteiger partial charge in [-0.1, -0.05) is 0 Å². The molecule has 1 fully saturated rings. The number of hydrogen-bond donors (Lipinski definition) is 0. The standard InChI is InChI=1S/C8H15I2/c1-7(6-10-9)8-4-2-3-5-8/h7-8H,2-6H2,1H3/q-1. The van der Waals surface area contributed by atoms with E-state index in [1.807, 2.05) is 0 Å². The number of hydrogen-bond acceptors (Lipinski definition) is 0. The number of alkyl halides is 1. The fourth-order valence-electron chi connectivity index (χ4n) is 1.74. The Morgan fingerprint density at radius 2 is 2.10 bits per heavy atom. The summed E-state index contributed by atoms with van der Waals surface area (Å²) >= 11 is 3.12. The van der Waals surface area contributed by atoms with Crippen molar-refractivity contribution in [2.75, 3.05) is 4.43 Å². The summed E-state index contributed by atoms with van der Waals surface area (Å²) in [6.07, 6.45) is 6.08. The first-order valence-corrected chi connectivity index (χ1v) is 11.9. The molecule has 0 nitrogen and oxygen atoms in total. The maximum absolute atomic E-state index is 2.60. The Morgan fingerprint density at radius 1 is 1.50 bits per heavy atom. The summed E-state index contributed by atoms with van der Waals surface area (Å²) in [6, 6.07) is 0. The molecule has 62 valence electrons. The molecule has 0 radical (unpaired) electrons. The second kappa shape index (κ2) is 5.17. The molecule has 1 atom stereocenters. The van der Waals surface area contributed by atoms with Crippen molar-refractivity contribution in [2.24, 2.45) is 11.8 Å². The van der Waals surface area contributed by atoms with E-state index >= 15 is 0 Å². The van der Waals surface area contributed by atoms with Gasteiger partial charge in [0.2, 0.25) is 0 Å². The monoisotopic (exact) mass is 365 g/mol. The first kappa shape index (κ1) is 9.55. The minimum absolute atomic E-state index is 0.519. The van der Waals surface area contributed by atoms with Crippen molar-refractivity contribution in [3.05, 3.63) is 0 Å². The average Bonchev–Trinajstić information content (AvgIpc) is 2.38. The summed E-state index contributed by atoms with van der Waals surface area (Å²) in [5, 5.41) is 0. The van der Waals surface area contributed by atoms with E-state index in [9.17, 15) is 0 Å². The molecule has 1 unspecified atom stereocenters. The van der Waals surface area contributed by atoms with Gasteiger partial charge in [-0.3, -0.25) is 0 Å². The van der Waals surface area contributed by atoms with Crippen LogP contribution >= 0.6 is 18.6 Å². The van der Waals surface area contributed by atoms with Crippen molar-refractivity contribution in [2.45, 2.75) is 32.6 Å². The minimum atomic E-state index is 0.519. The second-order valence-electron chi connectivity index (χ2n) is 3.28. The van der Waals surface area contributed by atoms with E-state index in [1.54, 1.807) is 4.43 Å². The zero-order chi connectivity index (χ0) is 7.40. The van der Waals surface area contributed by atoms with Crippen molar-refractivity contribution in [1.82, 2.24) is 0 Å². The molecule has 0 aromatic rings. The third-order valence-electron chi connectivity index (χ3n) is 2.51. The molecule has 2 heteroatoms. The quantitative estimate of drug-likeness (QED) is 0.497. The average molecular weight is 365 g/mol. The van der Waals surface area contributed by atoms with Gasteiger partial charge in [-0.2, -0.15) is 0 Å². The Kier molecular flexibility index (Phi) is 4.93. The van der Waals surface area contributed by atoms with Crippen LogP contribution in [0, 0.1) is 11.8 Å². The van der Waals surface area contributed by atoms with Crippen LogP contribution < -0.4 is 17.2 Å². The topological polar surface area (TPSA) is 0 Å². The van der Waals surface area contributed by atoms with Gasteiger partial charge >= 0.3 is 84.7 Å². The zero-order valence-corrected chi connectivity index (χ0v) is 10.8. The van der Waals surface area contributed by atoms with Crippen molar-refractivity contribution in [3.63, 3.8) is 0 Å². The molecule has 0 aromatic carbocycles. The third kappa shape index (κ3) is 2.83. The Labute approximate surface area is 84.0 Å². The summed E-state index contributed by atoms with van der Waals surface area (Å²) in [5.41, 5.74) is 0. The van der Waals surface area contributed by atoms with E-state index < -0.39 is 0 Å². The Balaban J connectivity index is 2.18. The van der Waals surface area contributed by atoms with Gasteiger partial charge in [-0.15, -0.1) is 0 Å². The molecular weight excluding hydrogens is 350 g/mol. The van der Waals surface area contributed by atoms with E-state index in [0.717, 1.165) is 11.8 Å². The van der Waals surface area contributed by atoms with E-state index in [4.69, 9.17) is 0 Å². The summed E-state index contributed by atoms with van der Waals surface area (Å²) in [5.74, 6) is 2.15. The Bertz CT molecular complexity index is 87.3. The zero-order valence-electron chi connectivity index (χ0n) is 6.45. The van der Waals surface area contributed by atoms with Crippen LogP contribution in [-0.4, -0.2) is 4.43 Å². The molecular formula is C8H15I2-. The van der Waals surface area contributed by atoms with Crippen LogP contribution in [0.1, 0.15) is 32.6 Å². The molecule has 1 saturated carbocycles. The van der Waals surface area contributed by atoms with Crippen molar-refractivity contribution in [1.29, 1.82) is 0 Å². The third-order valence-corrected chi connectivity index (χ3v) is 6.46. The molecule has 0 bridgehead atoms. The molecule has 0 amide bonds. The molecule has 0 heterocycles. The Hall–Kier alpha value is 1.46. The van der Waals surface area contributed by atoms with Crippen LogP contribution in [0.4, 0.5) is 0 Å². The molecule has 0 saturated heterocycles. The molecule has 10 heavy (non-hydrogen) atoms. The molecule has 1 aliphatic rings. The van der Waals surface area contributed by atoms with Gasteiger partial charge in [0.25, 0.3) is 0 Å². The first-order valence-electron chi connectivity index (χ1n) is 4.05. The number of halogens is 2. The van der Waals surface area contributed by atoms with Gasteiger partial charge < -0.3 is 0 Å². The van der Waals surface area contributed by atoms with E-state index in [-0.39, 0.29) is 0 Å². The van der Waals surface area contributed by atoms with Gasteiger partial charge in [0.15, 0.2) is 0 Å². The van der Waals surface area contributed by atoms with Crippen molar-refractivity contribution < 1.29 is 17.2 Å². The molecule has 0 aliphatic heterocycles. The van der Waals surface area contributed by atoms with Crippen molar-refractivity contribution >= 4 is 18.6 Å². The van der Waals surface area contributed by atoms with Crippen LogP contribution in [0.3, 0.4) is 0 Å². The summed E-state index contributed by atoms with van der Waals surface area (Å²) < 4.78 is 1.55. The summed E-state index contributed by atoms with van der Waals surface area (Å²) in [4.78, 5) is 0. The van der Waals surface area contributed by atoms with E-state index in [2.05, 4.69) is 25.5 Å². The molecule has 0 spiro atoms. The van der Waals surface area contributed by atoms with Gasteiger partial charge in [0, 0.05) is 0 Å². The van der Waals surface area contributed by atoms with Crippen LogP contribution in [0.25, 0.3) is 0 Å². The first-order chi connectivity index (χ1) is 4.84. The molecule has 0 N–H and O–H groups in total. The predicted molar refractivity (Wildman–Crippen MR) is 50.0 cm³/mol. The molecule has 1 aliphatic carbocycles. The fourth-order valence-corrected chi connectivity index (χ4v) is 6.51. The molecule has 1 rings (SSSR count). The van der Waals surface area contributed by atoms with Crippen LogP contribution in [0.5, 0.6) is 0 Å². The second-order valence-corrected chi connectivity index (χ2v) is 8.60. The van der Waals surface area contributed by atoms with Gasteiger partial charge in [-0.05, 0) is 0 Å². The Morgan fingerprint density at radius 3 is 2.60 bits per heavy atom. The van der Waals surface area contributed by atoms with Crippen LogP contribution in [0.15, 0.2) is 0 Å². The summed E-state index contributed by atoms with van der Waals surface area (Å²) in [7, 11) is 0. The SMILES string of the molecule is CC(C[I-]I)C1CCCC1. The van der Waals surface area contributed by atoms with E-state index in [0.29, 0.717) is 17.2 Å².